The summed E-state index contributed by atoms with van der Waals surface area (Å²) in [6, 6.07) is 0. The second kappa shape index (κ2) is 4.36. The molecule has 3 heterocycles. The zero-order chi connectivity index (χ0) is 12.8. The number of rotatable bonds is 2. The third kappa shape index (κ3) is 1.79. The molecule has 18 heavy (non-hydrogen) atoms. The summed E-state index contributed by atoms with van der Waals surface area (Å²) in [5.41, 5.74) is 1.05. The van der Waals surface area contributed by atoms with E-state index in [1.807, 2.05) is 24.9 Å². The number of thioether (sulfide) groups is 1. The lowest BCUT2D eigenvalue weighted by atomic mass is 10.00. The summed E-state index contributed by atoms with van der Waals surface area (Å²) in [5, 5.41) is 13.1. The summed E-state index contributed by atoms with van der Waals surface area (Å²) in [4.78, 5) is 11.2. The SMILES string of the molecule is Cc1ncc2c(n1)N[C@]1(C)[C@@H](CCO)SCN1C2. The largest absolute Gasteiger partial charge is 0.396 e. The highest BCUT2D eigenvalue weighted by molar-refractivity contribution is 8.00. The first-order chi connectivity index (χ1) is 8.63. The molecule has 5 nitrogen and oxygen atoms in total. The molecular formula is C12H18N4OS. The molecule has 2 atom stereocenters. The third-order valence-electron chi connectivity index (χ3n) is 3.82. The average Bonchev–Trinajstić information content (AvgIpc) is 2.64. The highest BCUT2D eigenvalue weighted by Crippen LogP contribution is 2.44. The van der Waals surface area contributed by atoms with Crippen LogP contribution >= 0.6 is 11.8 Å². The number of nitrogens with one attached hydrogen (secondary N) is 1. The van der Waals surface area contributed by atoms with E-state index in [0.717, 1.165) is 36.0 Å². The molecule has 0 saturated carbocycles. The molecule has 0 spiro atoms. The number of aliphatic hydroxyl groups is 1. The fraction of sp³-hybridized carbons (Fsp3) is 0.667. The van der Waals surface area contributed by atoms with E-state index in [4.69, 9.17) is 0 Å². The van der Waals surface area contributed by atoms with Crippen molar-refractivity contribution in [1.82, 2.24) is 14.9 Å². The predicted octanol–water partition coefficient (Wildman–Crippen LogP) is 1.18. The molecule has 1 aromatic heterocycles. The van der Waals surface area contributed by atoms with Gasteiger partial charge in [0.25, 0.3) is 0 Å². The molecule has 0 aromatic carbocycles. The van der Waals surface area contributed by atoms with Gasteiger partial charge in [-0.15, -0.1) is 11.8 Å². The number of hydrogen-bond donors (Lipinski definition) is 2. The van der Waals surface area contributed by atoms with Gasteiger partial charge in [0.05, 0.1) is 0 Å². The maximum Gasteiger partial charge on any atom is 0.135 e. The molecule has 2 N–H and O–H groups in total. The van der Waals surface area contributed by atoms with Crippen molar-refractivity contribution in [1.29, 1.82) is 0 Å². The number of anilines is 1. The fourth-order valence-electron chi connectivity index (χ4n) is 2.70. The van der Waals surface area contributed by atoms with Crippen molar-refractivity contribution in [3.8, 4) is 0 Å². The minimum atomic E-state index is -0.110. The Hall–Kier alpha value is -0.850. The Bertz CT molecular complexity index is 469. The first-order valence-corrected chi connectivity index (χ1v) is 7.26. The van der Waals surface area contributed by atoms with E-state index < -0.39 is 0 Å². The maximum absolute atomic E-state index is 9.19. The van der Waals surface area contributed by atoms with Crippen molar-refractivity contribution in [2.24, 2.45) is 0 Å². The van der Waals surface area contributed by atoms with Gasteiger partial charge in [0.1, 0.15) is 17.3 Å². The maximum atomic E-state index is 9.19. The molecule has 2 aliphatic rings. The van der Waals surface area contributed by atoms with Gasteiger partial charge in [-0.25, -0.2) is 9.97 Å². The van der Waals surface area contributed by atoms with Gasteiger partial charge in [0.2, 0.25) is 0 Å². The van der Waals surface area contributed by atoms with Crippen LogP contribution in [0, 0.1) is 6.92 Å². The molecule has 98 valence electrons. The van der Waals surface area contributed by atoms with Gasteiger partial charge in [-0.2, -0.15) is 0 Å². The quantitative estimate of drug-likeness (QED) is 0.838. The van der Waals surface area contributed by atoms with Gasteiger partial charge in [-0.05, 0) is 20.3 Å². The van der Waals surface area contributed by atoms with Crippen LogP contribution in [0.4, 0.5) is 5.82 Å². The van der Waals surface area contributed by atoms with Crippen LogP contribution in [-0.2, 0) is 6.54 Å². The van der Waals surface area contributed by atoms with Crippen LogP contribution in [0.3, 0.4) is 0 Å². The van der Waals surface area contributed by atoms with E-state index in [2.05, 4.69) is 27.1 Å². The van der Waals surface area contributed by atoms with E-state index in [9.17, 15) is 5.11 Å². The van der Waals surface area contributed by atoms with Gasteiger partial charge in [0, 0.05) is 36.0 Å². The van der Waals surface area contributed by atoms with Crippen LogP contribution in [-0.4, -0.2) is 43.4 Å². The second-order valence-electron chi connectivity index (χ2n) is 5.06. The van der Waals surface area contributed by atoms with Crippen molar-refractivity contribution in [2.75, 3.05) is 17.8 Å². The fourth-order valence-corrected chi connectivity index (χ4v) is 4.22. The van der Waals surface area contributed by atoms with Crippen LogP contribution in [0.25, 0.3) is 0 Å². The molecule has 0 unspecified atom stereocenters. The normalized spacial score (nSPS) is 30.7. The lowest BCUT2D eigenvalue weighted by Crippen LogP contribution is -2.56. The van der Waals surface area contributed by atoms with E-state index in [0.29, 0.717) is 5.25 Å². The summed E-state index contributed by atoms with van der Waals surface area (Å²) >= 11 is 1.90. The molecular weight excluding hydrogens is 248 g/mol. The molecule has 6 heteroatoms. The van der Waals surface area contributed by atoms with E-state index in [1.165, 1.54) is 0 Å². The van der Waals surface area contributed by atoms with Crippen molar-refractivity contribution >= 4 is 17.6 Å². The molecule has 1 fully saturated rings. The van der Waals surface area contributed by atoms with Crippen molar-refractivity contribution < 1.29 is 5.11 Å². The number of nitrogens with zero attached hydrogens (tertiary/aromatic N) is 3. The number of aliphatic hydroxyl groups excluding tert-OH is 1. The highest BCUT2D eigenvalue weighted by Gasteiger charge is 2.48. The molecule has 3 rings (SSSR count). The first kappa shape index (κ1) is 12.2. The first-order valence-electron chi connectivity index (χ1n) is 6.21. The van der Waals surface area contributed by atoms with Gasteiger partial charge >= 0.3 is 0 Å². The minimum Gasteiger partial charge on any atom is -0.396 e. The summed E-state index contributed by atoms with van der Waals surface area (Å²) in [6.45, 7) is 5.23. The zero-order valence-electron chi connectivity index (χ0n) is 10.7. The van der Waals surface area contributed by atoms with Gasteiger partial charge < -0.3 is 10.4 Å². The van der Waals surface area contributed by atoms with E-state index >= 15 is 0 Å². The number of hydrogen-bond acceptors (Lipinski definition) is 6. The molecule has 2 aliphatic heterocycles. The molecule has 0 amide bonds. The van der Waals surface area contributed by atoms with Crippen LogP contribution in [0.1, 0.15) is 24.7 Å². The van der Waals surface area contributed by atoms with Gasteiger partial charge in [-0.1, -0.05) is 0 Å². The topological polar surface area (TPSA) is 61.3 Å². The number of fused-ring (bicyclic) bond motifs is 2. The van der Waals surface area contributed by atoms with Crippen molar-refractivity contribution in [3.05, 3.63) is 17.6 Å². The summed E-state index contributed by atoms with van der Waals surface area (Å²) in [7, 11) is 0. The second-order valence-corrected chi connectivity index (χ2v) is 6.22. The Morgan fingerprint density at radius 3 is 3.28 bits per heavy atom. The van der Waals surface area contributed by atoms with Crippen LogP contribution in [0.15, 0.2) is 6.20 Å². The standard InChI is InChI=1S/C12H18N4OS/c1-8-13-5-9-6-16-7-18-10(3-4-17)12(16,2)15-11(9)14-8/h5,10,17H,3-4,6-7H2,1-2H3,(H,13,14,15)/t10-,12+/m1/s1. The molecule has 0 aliphatic carbocycles. The minimum absolute atomic E-state index is 0.110. The Morgan fingerprint density at radius 2 is 2.50 bits per heavy atom. The Morgan fingerprint density at radius 1 is 1.67 bits per heavy atom. The molecule has 1 saturated heterocycles. The summed E-state index contributed by atoms with van der Waals surface area (Å²) in [5.74, 6) is 2.73. The average molecular weight is 266 g/mol. The predicted molar refractivity (Wildman–Crippen MR) is 72.3 cm³/mol. The van der Waals surface area contributed by atoms with Gasteiger partial charge in [0.15, 0.2) is 0 Å². The smallest absolute Gasteiger partial charge is 0.135 e. The van der Waals surface area contributed by atoms with Crippen LogP contribution in [0.2, 0.25) is 0 Å². The molecule has 0 radical (unpaired) electrons. The van der Waals surface area contributed by atoms with Crippen LogP contribution < -0.4 is 5.32 Å². The van der Waals surface area contributed by atoms with Crippen molar-refractivity contribution in [3.63, 3.8) is 0 Å². The Labute approximate surface area is 111 Å². The number of aryl methyl sites for hydroxylation is 1. The Balaban J connectivity index is 1.93. The Kier molecular flexibility index (Phi) is 2.96. The monoisotopic (exact) mass is 266 g/mol. The molecule has 0 bridgehead atoms. The summed E-state index contributed by atoms with van der Waals surface area (Å²) < 4.78 is 0. The molecule has 1 aromatic rings. The number of aromatic nitrogens is 2. The van der Waals surface area contributed by atoms with E-state index in [1.54, 1.807) is 0 Å². The van der Waals surface area contributed by atoms with Crippen LogP contribution in [0.5, 0.6) is 0 Å². The highest BCUT2D eigenvalue weighted by atomic mass is 32.2. The zero-order valence-corrected chi connectivity index (χ0v) is 11.5. The van der Waals surface area contributed by atoms with Gasteiger partial charge in [-0.3, -0.25) is 4.90 Å². The summed E-state index contributed by atoms with van der Waals surface area (Å²) in [6.07, 6.45) is 2.72. The van der Waals surface area contributed by atoms with Crippen molar-refractivity contribution in [2.45, 2.75) is 37.7 Å². The van der Waals surface area contributed by atoms with E-state index in [-0.39, 0.29) is 12.3 Å². The third-order valence-corrected chi connectivity index (χ3v) is 5.38. The lowest BCUT2D eigenvalue weighted by Gasteiger charge is -2.43. The lowest BCUT2D eigenvalue weighted by molar-refractivity contribution is 0.140.